The van der Waals surface area contributed by atoms with Crippen molar-refractivity contribution in [2.24, 2.45) is 0 Å². The zero-order chi connectivity index (χ0) is 24.3. The van der Waals surface area contributed by atoms with Gasteiger partial charge < -0.3 is 5.11 Å². The molecule has 0 aliphatic rings. The number of phenols is 1. The predicted molar refractivity (Wildman–Crippen MR) is 148 cm³/mol. The molecular weight excluding hydrogens is 430 g/mol. The fraction of sp³-hybridized carbons (Fsp3) is 0.226. The molecule has 4 rings (SSSR count). The smallest absolute Gasteiger partial charge is 0.123 e. The van der Waals surface area contributed by atoms with Crippen molar-refractivity contribution in [3.8, 4) is 5.75 Å². The molecule has 4 aromatic rings. The molecule has 34 heavy (non-hydrogen) atoms. The van der Waals surface area contributed by atoms with Crippen LogP contribution in [0.15, 0.2) is 103 Å². The Balaban J connectivity index is 1.94. The highest BCUT2D eigenvalue weighted by molar-refractivity contribution is 7.87. The standard InChI is InChI=1S/C31H32BOP/c1-30(2,3)26-20-23(22-34(32)27-18-12-7-13-19-27)29(33)28(21-26)31(4,24-14-8-5-9-15-24)25-16-10-6-11-17-25/h5-21,33H,22H2,1-4H3. The van der Waals surface area contributed by atoms with Crippen LogP contribution in [-0.2, 0) is 17.0 Å². The van der Waals surface area contributed by atoms with Gasteiger partial charge >= 0.3 is 0 Å². The molecular formula is C31H32BOP. The summed E-state index contributed by atoms with van der Waals surface area (Å²) in [6, 6.07) is 35.5. The first-order valence-corrected chi connectivity index (χ1v) is 13.4. The first-order chi connectivity index (χ1) is 16.2. The molecule has 1 nitrogen and oxygen atoms in total. The maximum Gasteiger partial charge on any atom is 0.123 e. The Bertz CT molecular complexity index is 1190. The maximum absolute atomic E-state index is 11.8. The van der Waals surface area contributed by atoms with Gasteiger partial charge in [0.1, 0.15) is 13.3 Å². The van der Waals surface area contributed by atoms with Gasteiger partial charge in [0.2, 0.25) is 0 Å². The van der Waals surface area contributed by atoms with Crippen molar-refractivity contribution in [1.29, 1.82) is 0 Å². The molecule has 0 bridgehead atoms. The van der Waals surface area contributed by atoms with Gasteiger partial charge in [-0.2, -0.15) is 0 Å². The third-order valence-corrected chi connectivity index (χ3v) is 8.37. The summed E-state index contributed by atoms with van der Waals surface area (Å²) >= 11 is 0. The molecule has 170 valence electrons. The second kappa shape index (κ2) is 9.81. The van der Waals surface area contributed by atoms with Crippen LogP contribution >= 0.6 is 7.80 Å². The van der Waals surface area contributed by atoms with Gasteiger partial charge in [0.05, 0.1) is 0 Å². The lowest BCUT2D eigenvalue weighted by Gasteiger charge is -2.35. The van der Waals surface area contributed by atoms with E-state index in [0.717, 1.165) is 27.6 Å². The molecule has 0 aliphatic carbocycles. The Morgan fingerprint density at radius 3 is 1.62 bits per heavy atom. The number of phenolic OH excluding ortho intramolecular Hbond substituents is 1. The Hall–Kier alpha value is -2.83. The van der Waals surface area contributed by atoms with Gasteiger partial charge in [-0.3, -0.25) is 0 Å². The molecule has 1 unspecified atom stereocenters. The van der Waals surface area contributed by atoms with Crippen LogP contribution in [0.2, 0.25) is 0 Å². The first kappa shape index (κ1) is 24.3. The molecule has 0 saturated carbocycles. The third-order valence-electron chi connectivity index (χ3n) is 6.72. The van der Waals surface area contributed by atoms with Crippen LogP contribution < -0.4 is 5.30 Å². The average Bonchev–Trinajstić information content (AvgIpc) is 2.85. The van der Waals surface area contributed by atoms with Gasteiger partial charge in [-0.25, -0.2) is 0 Å². The van der Waals surface area contributed by atoms with E-state index in [1.807, 2.05) is 30.3 Å². The zero-order valence-corrected chi connectivity index (χ0v) is 21.4. The second-order valence-corrected chi connectivity index (χ2v) is 11.9. The maximum atomic E-state index is 11.8. The highest BCUT2D eigenvalue weighted by atomic mass is 31.1. The summed E-state index contributed by atoms with van der Waals surface area (Å²) in [5.74, 6) is 0.345. The van der Waals surface area contributed by atoms with E-state index in [1.165, 1.54) is 5.56 Å². The number of hydrogen-bond acceptors (Lipinski definition) is 1. The lowest BCUT2D eigenvalue weighted by Crippen LogP contribution is -2.27. The number of hydrogen-bond donors (Lipinski definition) is 1. The van der Waals surface area contributed by atoms with Crippen molar-refractivity contribution in [2.45, 2.75) is 44.7 Å². The van der Waals surface area contributed by atoms with E-state index in [-0.39, 0.29) is 5.41 Å². The monoisotopic (exact) mass is 462 g/mol. The van der Waals surface area contributed by atoms with Crippen molar-refractivity contribution >= 4 is 20.7 Å². The molecule has 0 spiro atoms. The van der Waals surface area contributed by atoms with Crippen LogP contribution in [0.1, 0.15) is 55.5 Å². The number of rotatable bonds is 6. The quantitative estimate of drug-likeness (QED) is 0.179. The lowest BCUT2D eigenvalue weighted by atomic mass is 9.69. The normalized spacial score (nSPS) is 12.9. The fourth-order valence-electron chi connectivity index (χ4n) is 4.54. The molecule has 0 fully saturated rings. The third kappa shape index (κ3) is 4.84. The molecule has 0 heterocycles. The van der Waals surface area contributed by atoms with Gasteiger partial charge in [-0.1, -0.05) is 124 Å². The first-order valence-electron chi connectivity index (χ1n) is 11.8. The zero-order valence-electron chi connectivity index (χ0n) is 20.5. The van der Waals surface area contributed by atoms with E-state index in [4.69, 9.17) is 7.57 Å². The minimum absolute atomic E-state index is 0.0738. The summed E-state index contributed by atoms with van der Waals surface area (Å²) in [4.78, 5) is 0. The van der Waals surface area contributed by atoms with Gasteiger partial charge in [0.25, 0.3) is 0 Å². The van der Waals surface area contributed by atoms with Crippen LogP contribution in [0.25, 0.3) is 0 Å². The Labute approximate surface area is 207 Å². The van der Waals surface area contributed by atoms with Crippen molar-refractivity contribution in [2.75, 3.05) is 0 Å². The molecule has 0 amide bonds. The van der Waals surface area contributed by atoms with Crippen LogP contribution in [0.4, 0.5) is 0 Å². The highest BCUT2D eigenvalue weighted by Crippen LogP contribution is 2.47. The Morgan fingerprint density at radius 1 is 0.676 bits per heavy atom. The van der Waals surface area contributed by atoms with Crippen LogP contribution in [-0.4, -0.2) is 12.7 Å². The van der Waals surface area contributed by atoms with Crippen LogP contribution in [0.3, 0.4) is 0 Å². The Morgan fingerprint density at radius 2 is 1.15 bits per heavy atom. The fourth-order valence-corrected chi connectivity index (χ4v) is 5.89. The number of aromatic hydroxyl groups is 1. The molecule has 0 aliphatic heterocycles. The lowest BCUT2D eigenvalue weighted by molar-refractivity contribution is 0.450. The molecule has 4 aromatic carbocycles. The van der Waals surface area contributed by atoms with Gasteiger partial charge in [0.15, 0.2) is 0 Å². The summed E-state index contributed by atoms with van der Waals surface area (Å²) < 4.78 is 0. The summed E-state index contributed by atoms with van der Waals surface area (Å²) in [6.07, 6.45) is 0.627. The topological polar surface area (TPSA) is 20.2 Å². The summed E-state index contributed by atoms with van der Waals surface area (Å²) in [5.41, 5.74) is 4.73. The molecule has 0 saturated heterocycles. The second-order valence-electron chi connectivity index (χ2n) is 10.1. The molecule has 1 N–H and O–H groups in total. The van der Waals surface area contributed by atoms with Crippen LogP contribution in [0, 0.1) is 0 Å². The average molecular weight is 462 g/mol. The van der Waals surface area contributed by atoms with Crippen molar-refractivity contribution in [1.82, 2.24) is 0 Å². The van der Waals surface area contributed by atoms with E-state index >= 15 is 0 Å². The minimum atomic E-state index is -0.933. The summed E-state index contributed by atoms with van der Waals surface area (Å²) in [7, 11) is 5.76. The van der Waals surface area contributed by atoms with Gasteiger partial charge in [0, 0.05) is 11.0 Å². The van der Waals surface area contributed by atoms with E-state index in [2.05, 4.69) is 100 Å². The minimum Gasteiger partial charge on any atom is -0.507 e. The number of benzene rings is 4. The van der Waals surface area contributed by atoms with E-state index in [9.17, 15) is 5.11 Å². The van der Waals surface area contributed by atoms with Crippen molar-refractivity contribution in [3.05, 3.63) is 131 Å². The van der Waals surface area contributed by atoms with Crippen LogP contribution in [0.5, 0.6) is 5.75 Å². The summed E-state index contributed by atoms with van der Waals surface area (Å²) in [6.45, 7) is 8.87. The van der Waals surface area contributed by atoms with E-state index in [1.54, 1.807) is 0 Å². The molecule has 2 radical (unpaired) electrons. The van der Waals surface area contributed by atoms with Gasteiger partial charge in [-0.15, -0.1) is 7.80 Å². The highest BCUT2D eigenvalue weighted by Gasteiger charge is 2.35. The van der Waals surface area contributed by atoms with Crippen molar-refractivity contribution in [3.63, 3.8) is 0 Å². The molecule has 0 aromatic heterocycles. The molecule has 3 heteroatoms. The molecule has 1 atom stereocenters. The SMILES string of the molecule is [B]P(Cc1cc(C(C)(C)C)cc(C(C)(c2ccccc2)c2ccccc2)c1O)c1ccccc1. The van der Waals surface area contributed by atoms with E-state index in [0.29, 0.717) is 11.9 Å². The Kier molecular flexibility index (Phi) is 7.01. The summed E-state index contributed by atoms with van der Waals surface area (Å²) in [5, 5.41) is 12.9. The largest absolute Gasteiger partial charge is 0.507 e. The predicted octanol–water partition coefficient (Wildman–Crippen LogP) is 7.43. The van der Waals surface area contributed by atoms with E-state index < -0.39 is 13.2 Å². The van der Waals surface area contributed by atoms with Gasteiger partial charge in [-0.05, 0) is 46.1 Å². The van der Waals surface area contributed by atoms with Crippen molar-refractivity contribution < 1.29 is 5.11 Å².